The smallest absolute Gasteiger partial charge is 0.261 e. The number of anilines is 1. The molecule has 1 fully saturated rings. The molecule has 0 aliphatic carbocycles. The highest BCUT2D eigenvalue weighted by atomic mass is 79.9. The summed E-state index contributed by atoms with van der Waals surface area (Å²) in [5.74, 6) is 0.117. The zero-order valence-corrected chi connectivity index (χ0v) is 18.9. The Kier molecular flexibility index (Phi) is 7.87. The van der Waals surface area contributed by atoms with E-state index in [-0.39, 0.29) is 31.1 Å². The number of nitrogens with zero attached hydrogens (tertiary/aromatic N) is 1. The second-order valence-corrected chi connectivity index (χ2v) is 8.36. The Hall–Kier alpha value is -2.38. The van der Waals surface area contributed by atoms with Crippen LogP contribution >= 0.6 is 15.9 Å². The lowest BCUT2D eigenvalue weighted by atomic mass is 10.1. The maximum atomic E-state index is 12.8. The van der Waals surface area contributed by atoms with Gasteiger partial charge in [-0.3, -0.25) is 9.59 Å². The van der Waals surface area contributed by atoms with Crippen LogP contribution in [0.25, 0.3) is 0 Å². The van der Waals surface area contributed by atoms with E-state index in [2.05, 4.69) is 21.2 Å². The van der Waals surface area contributed by atoms with Gasteiger partial charge in [0.25, 0.3) is 5.91 Å². The summed E-state index contributed by atoms with van der Waals surface area (Å²) in [6.45, 7) is 4.85. The number of hydrogen-bond donors (Lipinski definition) is 1. The third kappa shape index (κ3) is 6.31. The quantitative estimate of drug-likeness (QED) is 0.625. The molecule has 2 amide bonds. The van der Waals surface area contributed by atoms with Crippen LogP contribution in [0.15, 0.2) is 46.9 Å². The predicted molar refractivity (Wildman–Crippen MR) is 120 cm³/mol. The van der Waals surface area contributed by atoms with E-state index in [9.17, 15) is 9.59 Å². The van der Waals surface area contributed by atoms with E-state index in [1.54, 1.807) is 12.1 Å². The predicted octanol–water partition coefficient (Wildman–Crippen LogP) is 4.09. The van der Waals surface area contributed by atoms with Gasteiger partial charge in [0.1, 0.15) is 12.3 Å². The first-order chi connectivity index (χ1) is 14.4. The van der Waals surface area contributed by atoms with E-state index < -0.39 is 0 Å². The van der Waals surface area contributed by atoms with Crippen molar-refractivity contribution in [2.75, 3.05) is 31.6 Å². The average Bonchev–Trinajstić information content (AvgIpc) is 3.23. The second kappa shape index (κ2) is 10.6. The zero-order chi connectivity index (χ0) is 21.5. The van der Waals surface area contributed by atoms with Crippen molar-refractivity contribution < 1.29 is 19.1 Å². The van der Waals surface area contributed by atoms with E-state index in [4.69, 9.17) is 9.47 Å². The van der Waals surface area contributed by atoms with E-state index in [1.807, 2.05) is 44.2 Å². The topological polar surface area (TPSA) is 67.9 Å². The van der Waals surface area contributed by atoms with E-state index in [0.29, 0.717) is 18.9 Å². The maximum absolute atomic E-state index is 12.8. The largest absolute Gasteiger partial charge is 0.484 e. The summed E-state index contributed by atoms with van der Waals surface area (Å²) >= 11 is 3.37. The van der Waals surface area contributed by atoms with Crippen LogP contribution in [0.3, 0.4) is 0 Å². The Morgan fingerprint density at radius 2 is 1.97 bits per heavy atom. The molecule has 7 heteroatoms. The lowest BCUT2D eigenvalue weighted by molar-refractivity contribution is -0.138. The number of benzene rings is 2. The normalized spacial score (nSPS) is 15.6. The molecule has 0 saturated carbocycles. The van der Waals surface area contributed by atoms with Crippen molar-refractivity contribution in [3.8, 4) is 5.75 Å². The van der Waals surface area contributed by atoms with Gasteiger partial charge in [-0.25, -0.2) is 0 Å². The summed E-state index contributed by atoms with van der Waals surface area (Å²) in [4.78, 5) is 27.0. The summed E-state index contributed by atoms with van der Waals surface area (Å²) in [6, 6.07) is 13.0. The van der Waals surface area contributed by atoms with Crippen molar-refractivity contribution in [3.05, 3.63) is 58.1 Å². The number of halogens is 1. The fraction of sp³-hybridized carbons (Fsp3) is 0.391. The monoisotopic (exact) mass is 474 g/mol. The van der Waals surface area contributed by atoms with Crippen LogP contribution in [0.4, 0.5) is 5.69 Å². The molecule has 3 rings (SSSR count). The molecule has 160 valence electrons. The molecular formula is C23H27BrN2O4. The van der Waals surface area contributed by atoms with Crippen LogP contribution in [-0.4, -0.2) is 49.1 Å². The molecule has 6 nitrogen and oxygen atoms in total. The van der Waals surface area contributed by atoms with Crippen molar-refractivity contribution in [2.24, 2.45) is 0 Å². The lowest BCUT2D eigenvalue weighted by Crippen LogP contribution is -2.44. The molecule has 0 aromatic heterocycles. The van der Waals surface area contributed by atoms with Crippen molar-refractivity contribution in [2.45, 2.75) is 32.8 Å². The number of ether oxygens (including phenoxy) is 2. The van der Waals surface area contributed by atoms with Gasteiger partial charge in [0.15, 0.2) is 6.61 Å². The van der Waals surface area contributed by atoms with Gasteiger partial charge in [-0.1, -0.05) is 28.1 Å². The fourth-order valence-electron chi connectivity index (χ4n) is 3.31. The highest BCUT2D eigenvalue weighted by Crippen LogP contribution is 2.19. The Morgan fingerprint density at radius 3 is 2.67 bits per heavy atom. The van der Waals surface area contributed by atoms with Gasteiger partial charge in [-0.05, 0) is 68.1 Å². The minimum absolute atomic E-state index is 0.0459. The molecule has 1 N–H and O–H groups in total. The Morgan fingerprint density at radius 1 is 1.20 bits per heavy atom. The van der Waals surface area contributed by atoms with Crippen molar-refractivity contribution in [3.63, 3.8) is 0 Å². The summed E-state index contributed by atoms with van der Waals surface area (Å²) in [5, 5.41) is 2.92. The highest BCUT2D eigenvalue weighted by Gasteiger charge is 2.25. The first-order valence-electron chi connectivity index (χ1n) is 10.1. The number of amides is 2. The van der Waals surface area contributed by atoms with Crippen LogP contribution in [-0.2, 0) is 14.3 Å². The SMILES string of the molecule is Cc1cccc(NC(=O)CN(CC2CCCO2)C(=O)COc2ccc(Br)cc2)c1C. The lowest BCUT2D eigenvalue weighted by Gasteiger charge is -2.25. The van der Waals surface area contributed by atoms with Crippen molar-refractivity contribution >= 4 is 33.4 Å². The average molecular weight is 475 g/mol. The van der Waals surface area contributed by atoms with Gasteiger partial charge < -0.3 is 19.7 Å². The molecule has 1 unspecified atom stereocenters. The number of rotatable bonds is 8. The standard InChI is InChI=1S/C23H27BrN2O4/c1-16-5-3-7-21(17(16)2)25-22(27)14-26(13-20-6-4-12-29-20)23(28)15-30-19-10-8-18(24)9-11-19/h3,5,7-11,20H,4,6,12-15H2,1-2H3,(H,25,27). The molecule has 1 atom stereocenters. The number of hydrogen-bond acceptors (Lipinski definition) is 4. The van der Waals surface area contributed by atoms with E-state index in [1.165, 1.54) is 4.90 Å². The third-order valence-electron chi connectivity index (χ3n) is 5.19. The molecular weight excluding hydrogens is 448 g/mol. The molecule has 1 aliphatic heterocycles. The highest BCUT2D eigenvalue weighted by molar-refractivity contribution is 9.10. The van der Waals surface area contributed by atoms with Crippen molar-refractivity contribution in [1.29, 1.82) is 0 Å². The van der Waals surface area contributed by atoms with Crippen LogP contribution in [0.1, 0.15) is 24.0 Å². The number of carbonyl (C=O) groups excluding carboxylic acids is 2. The van der Waals surface area contributed by atoms with Gasteiger partial charge in [0, 0.05) is 23.3 Å². The van der Waals surface area contributed by atoms with Gasteiger partial charge in [-0.2, -0.15) is 0 Å². The van der Waals surface area contributed by atoms with Crippen LogP contribution < -0.4 is 10.1 Å². The zero-order valence-electron chi connectivity index (χ0n) is 17.3. The number of aryl methyl sites for hydroxylation is 1. The Balaban J connectivity index is 1.63. The van der Waals surface area contributed by atoms with E-state index in [0.717, 1.165) is 34.1 Å². The Bertz CT molecular complexity index is 879. The summed E-state index contributed by atoms with van der Waals surface area (Å²) < 4.78 is 12.2. The summed E-state index contributed by atoms with van der Waals surface area (Å²) in [6.07, 6.45) is 1.81. The van der Waals surface area contributed by atoms with Gasteiger partial charge in [-0.15, -0.1) is 0 Å². The third-order valence-corrected chi connectivity index (χ3v) is 5.72. The number of nitrogens with one attached hydrogen (secondary N) is 1. The summed E-state index contributed by atoms with van der Waals surface area (Å²) in [7, 11) is 0. The molecule has 30 heavy (non-hydrogen) atoms. The molecule has 1 aliphatic rings. The minimum Gasteiger partial charge on any atom is -0.484 e. The molecule has 0 spiro atoms. The number of carbonyl (C=O) groups is 2. The molecule has 2 aromatic carbocycles. The van der Waals surface area contributed by atoms with E-state index >= 15 is 0 Å². The first-order valence-corrected chi connectivity index (χ1v) is 10.9. The van der Waals surface area contributed by atoms with Crippen LogP contribution in [0, 0.1) is 13.8 Å². The molecule has 0 bridgehead atoms. The molecule has 1 heterocycles. The molecule has 2 aromatic rings. The molecule has 0 radical (unpaired) electrons. The van der Waals surface area contributed by atoms with Crippen LogP contribution in [0.5, 0.6) is 5.75 Å². The van der Waals surface area contributed by atoms with Gasteiger partial charge in [0.2, 0.25) is 5.91 Å². The first kappa shape index (κ1) is 22.3. The minimum atomic E-state index is -0.246. The summed E-state index contributed by atoms with van der Waals surface area (Å²) in [5.41, 5.74) is 2.88. The van der Waals surface area contributed by atoms with Gasteiger partial charge in [0.05, 0.1) is 6.10 Å². The van der Waals surface area contributed by atoms with Gasteiger partial charge >= 0.3 is 0 Å². The Labute approximate surface area is 185 Å². The fourth-order valence-corrected chi connectivity index (χ4v) is 3.57. The van der Waals surface area contributed by atoms with Crippen molar-refractivity contribution in [1.82, 2.24) is 4.90 Å². The maximum Gasteiger partial charge on any atom is 0.261 e. The second-order valence-electron chi connectivity index (χ2n) is 7.45. The molecule has 1 saturated heterocycles. The van der Waals surface area contributed by atoms with Crippen LogP contribution in [0.2, 0.25) is 0 Å².